The van der Waals surface area contributed by atoms with E-state index in [1.165, 1.54) is 6.92 Å². The van der Waals surface area contributed by atoms with Crippen LogP contribution in [-0.2, 0) is 37.7 Å². The van der Waals surface area contributed by atoms with Gasteiger partial charge in [-0.05, 0) is 111 Å². The van der Waals surface area contributed by atoms with Crippen molar-refractivity contribution in [3.05, 3.63) is 112 Å². The Balaban J connectivity index is -0.000000487. The Morgan fingerprint density at radius 3 is 1.39 bits per heavy atom. The lowest BCUT2D eigenvalue weighted by Crippen LogP contribution is -2.43. The second-order valence-electron chi connectivity index (χ2n) is 16.2. The van der Waals surface area contributed by atoms with Gasteiger partial charge < -0.3 is 35.8 Å². The molecule has 2 atom stereocenters. The number of carbonyl (C=O) groups is 7. The van der Waals surface area contributed by atoms with Gasteiger partial charge in [0.1, 0.15) is 40.5 Å². The number of rotatable bonds is 18. The Morgan fingerprint density at radius 1 is 0.627 bits per heavy atom. The average molecular weight is 1110 g/mol. The molecule has 2 unspecified atom stereocenters. The van der Waals surface area contributed by atoms with Crippen LogP contribution in [0.4, 0.5) is 39.5 Å². The molecule has 0 aliphatic rings. The highest BCUT2D eigenvalue weighted by Crippen LogP contribution is 2.35. The number of ketones is 1. The van der Waals surface area contributed by atoms with Crippen LogP contribution in [0.25, 0.3) is 0 Å². The lowest BCUT2D eigenvalue weighted by molar-refractivity contribution is -0.141. The molecule has 0 saturated heterocycles. The van der Waals surface area contributed by atoms with Crippen LogP contribution < -0.4 is 20.5 Å². The molecule has 0 fully saturated rings. The number of carboxylic acids is 2. The van der Waals surface area contributed by atoms with Crippen LogP contribution in [0.3, 0.4) is 0 Å². The maximum Gasteiger partial charge on any atom is 0.416 e. The normalized spacial score (nSPS) is 12.0. The number of nitrogens with two attached hydrogens (primary N) is 1. The summed E-state index contributed by atoms with van der Waals surface area (Å²) < 4.78 is 123. The standard InChI is InChI=1S/C20H24F3NO5.C15H18F3NO3.C8H5F3O3.C6H9ClO.2CH4.H2/c1-4-5-6-7-17(25)24-15(10-12(2)3)19(28)29-16-11-13(20(21,22)23)8-9-14(16)18(26)27;1-8(2)6-12(19)14(21)22-13-7-10(15(16,17)18)4-5-11(13)9(3)20;9-8(10,11)4-1-2-5(7(13)14)6(12)3-4;1-2-3-4-5-6(7)8;;;/h5-6,8-9,11-12,15H,4,7,10H2,1-3H3,(H,24,25)(H,26,27);4-5,7-8,12H,6,19H2,1-3H3;1-3,12H,(H,13,14);3-4H,2,5H2,1H3;2*1H4;1H/b6-5-;;;4-3-;;;. The number of esters is 2. The van der Waals surface area contributed by atoms with Gasteiger partial charge in [-0.2, -0.15) is 39.5 Å². The van der Waals surface area contributed by atoms with E-state index in [2.05, 4.69) is 5.32 Å². The monoisotopic (exact) mass is 1100 g/mol. The number of nitrogens with one attached hydrogen (secondary N) is 1. The zero-order chi connectivity index (χ0) is 56.6. The molecule has 1 amide bonds. The number of ether oxygens (including phenoxy) is 2. The quantitative estimate of drug-likeness (QED) is 0.0199. The minimum atomic E-state index is -4.74. The van der Waals surface area contributed by atoms with E-state index in [-0.39, 0.29) is 51.8 Å². The van der Waals surface area contributed by atoms with Gasteiger partial charge in [-0.15, -0.1) is 0 Å². The Morgan fingerprint density at radius 2 is 1.01 bits per heavy atom. The summed E-state index contributed by atoms with van der Waals surface area (Å²) in [6, 6.07) is 3.75. The van der Waals surface area contributed by atoms with Crippen molar-refractivity contribution >= 4 is 52.4 Å². The smallest absolute Gasteiger partial charge is 0.416 e. The molecule has 3 rings (SSSR count). The topological polar surface area (TPSA) is 237 Å². The number of phenols is 1. The fourth-order valence-electron chi connectivity index (χ4n) is 5.53. The maximum absolute atomic E-state index is 12.9. The third kappa shape index (κ3) is 28.5. The summed E-state index contributed by atoms with van der Waals surface area (Å²) in [5, 5.41) is 28.7. The number of carbonyl (C=O) groups excluding carboxylic acids is 5. The highest BCUT2D eigenvalue weighted by Gasteiger charge is 2.35. The molecule has 6 N–H and O–H groups in total. The van der Waals surface area contributed by atoms with Crippen LogP contribution in [0, 0.1) is 11.8 Å². The molecule has 14 nitrogen and oxygen atoms in total. The van der Waals surface area contributed by atoms with E-state index < -0.39 is 111 Å². The molecule has 0 heterocycles. The summed E-state index contributed by atoms with van der Waals surface area (Å²) in [6.07, 6.45) is -4.26. The summed E-state index contributed by atoms with van der Waals surface area (Å²) in [5.41, 5.74) is 1.15. The zero-order valence-corrected chi connectivity index (χ0v) is 41.2. The van der Waals surface area contributed by atoms with Gasteiger partial charge in [0.25, 0.3) is 0 Å². The Hall–Kier alpha value is -6.75. The van der Waals surface area contributed by atoms with Gasteiger partial charge in [0.2, 0.25) is 11.1 Å². The minimum Gasteiger partial charge on any atom is -0.507 e. The number of hydrogen-bond donors (Lipinski definition) is 5. The largest absolute Gasteiger partial charge is 0.507 e. The van der Waals surface area contributed by atoms with Crippen LogP contribution in [0.15, 0.2) is 78.9 Å². The summed E-state index contributed by atoms with van der Waals surface area (Å²) in [6.45, 7) is 12.3. The first-order valence-corrected chi connectivity index (χ1v) is 22.2. The summed E-state index contributed by atoms with van der Waals surface area (Å²) in [4.78, 5) is 79.5. The number of halogens is 10. The van der Waals surface area contributed by atoms with Crippen molar-refractivity contribution in [2.75, 3.05) is 0 Å². The van der Waals surface area contributed by atoms with E-state index in [0.717, 1.165) is 31.0 Å². The summed E-state index contributed by atoms with van der Waals surface area (Å²) >= 11 is 5.02. The number of aromatic carboxylic acids is 2. The molecule has 75 heavy (non-hydrogen) atoms. The van der Waals surface area contributed by atoms with Crippen LogP contribution >= 0.6 is 11.6 Å². The number of Topliss-reactive ketones (excluding diaryl/α,β-unsaturated/α-hetero) is 1. The van der Waals surface area contributed by atoms with Gasteiger partial charge in [0.15, 0.2) is 5.78 Å². The van der Waals surface area contributed by atoms with E-state index in [4.69, 9.17) is 37.0 Å². The van der Waals surface area contributed by atoms with Crippen molar-refractivity contribution in [1.82, 2.24) is 5.32 Å². The first-order chi connectivity index (χ1) is 33.6. The van der Waals surface area contributed by atoms with E-state index >= 15 is 0 Å². The first kappa shape index (κ1) is 72.5. The zero-order valence-electron chi connectivity index (χ0n) is 40.4. The Kier molecular flexibility index (Phi) is 32.8. The molecular formula is C51H66ClF9N2O12. The summed E-state index contributed by atoms with van der Waals surface area (Å²) in [5.74, 6) is -7.86. The van der Waals surface area contributed by atoms with Crippen LogP contribution in [-0.4, -0.2) is 68.2 Å². The average Bonchev–Trinajstić information content (AvgIpc) is 3.25. The summed E-state index contributed by atoms with van der Waals surface area (Å²) in [7, 11) is 0. The number of benzene rings is 3. The van der Waals surface area contributed by atoms with Crippen LogP contribution in [0.2, 0.25) is 0 Å². The third-order valence-electron chi connectivity index (χ3n) is 8.95. The van der Waals surface area contributed by atoms with Crippen molar-refractivity contribution in [2.45, 2.75) is 132 Å². The SMILES string of the molecule is C.C.CC(=O)c1ccc(C(F)(F)F)cc1OC(=O)C(N)CC(C)C.CC/C=C\CC(=O)Cl.CC/C=C\CC(=O)NC(CC(C)C)C(=O)Oc1cc(C(F)(F)F)ccc1C(=O)O.O=C(O)c1ccc(C(F)(F)F)cc1O.[HH]. The van der Waals surface area contributed by atoms with E-state index in [9.17, 15) is 78.2 Å². The third-order valence-corrected chi connectivity index (χ3v) is 9.10. The Labute approximate surface area is 435 Å². The predicted molar refractivity (Wildman–Crippen MR) is 265 cm³/mol. The fourth-order valence-corrected chi connectivity index (χ4v) is 5.62. The number of allylic oxidation sites excluding steroid dienone is 3. The van der Waals surface area contributed by atoms with Gasteiger partial charge in [-0.25, -0.2) is 19.2 Å². The van der Waals surface area contributed by atoms with Crippen molar-refractivity contribution in [3.63, 3.8) is 0 Å². The molecule has 0 aromatic heterocycles. The van der Waals surface area contributed by atoms with Crippen molar-refractivity contribution < 1.29 is 99.3 Å². The molecule has 0 spiro atoms. The first-order valence-electron chi connectivity index (χ1n) is 21.8. The van der Waals surface area contributed by atoms with Crippen LogP contribution in [0.5, 0.6) is 17.2 Å². The number of aromatic hydroxyl groups is 1. The molecule has 0 saturated carbocycles. The lowest BCUT2D eigenvalue weighted by atomic mass is 10.0. The Bertz CT molecular complexity index is 2430. The molecule has 0 aliphatic carbocycles. The highest BCUT2D eigenvalue weighted by molar-refractivity contribution is 6.63. The number of amides is 1. The molecule has 0 aliphatic heterocycles. The molecule has 0 bridgehead atoms. The van der Waals surface area contributed by atoms with Gasteiger partial charge in [0.05, 0.1) is 22.3 Å². The highest BCUT2D eigenvalue weighted by atomic mass is 35.5. The maximum atomic E-state index is 12.9. The molecule has 422 valence electrons. The second-order valence-corrected chi connectivity index (χ2v) is 16.6. The molecular weight excluding hydrogens is 1040 g/mol. The van der Waals surface area contributed by atoms with Crippen molar-refractivity contribution in [1.29, 1.82) is 0 Å². The molecule has 0 radical (unpaired) electrons. The molecule has 3 aromatic rings. The molecule has 24 heteroatoms. The van der Waals surface area contributed by atoms with E-state index in [1.807, 2.05) is 33.8 Å². The van der Waals surface area contributed by atoms with E-state index in [1.54, 1.807) is 32.1 Å². The fraction of sp³-hybridized carbons (Fsp3) is 0.431. The number of carboxylic acid groups (broad SMARTS) is 2. The number of hydrogen-bond acceptors (Lipinski definition) is 11. The lowest BCUT2D eigenvalue weighted by Gasteiger charge is -2.20. The van der Waals surface area contributed by atoms with Gasteiger partial charge in [0, 0.05) is 14.3 Å². The van der Waals surface area contributed by atoms with Crippen molar-refractivity contribution in [3.8, 4) is 17.2 Å². The van der Waals surface area contributed by atoms with Crippen LogP contribution in [0.1, 0.15) is 151 Å². The van der Waals surface area contributed by atoms with Gasteiger partial charge >= 0.3 is 42.4 Å². The van der Waals surface area contributed by atoms with Crippen molar-refractivity contribution in [2.24, 2.45) is 17.6 Å². The second kappa shape index (κ2) is 33.9. The molecule has 3 aromatic carbocycles. The predicted octanol–water partition coefficient (Wildman–Crippen LogP) is 13.1. The minimum absolute atomic E-state index is 0. The van der Waals surface area contributed by atoms with E-state index in [0.29, 0.717) is 49.2 Å². The number of alkyl halides is 9. The van der Waals surface area contributed by atoms with Gasteiger partial charge in [-0.3, -0.25) is 14.4 Å². The van der Waals surface area contributed by atoms with Gasteiger partial charge in [-0.1, -0.05) is 80.7 Å².